The van der Waals surface area contributed by atoms with Crippen LogP contribution in [0.4, 0.5) is 4.39 Å². The van der Waals surface area contributed by atoms with Gasteiger partial charge in [-0.05, 0) is 36.2 Å². The molecule has 3 aromatic rings. The molecule has 1 aromatic heterocycles. The van der Waals surface area contributed by atoms with Crippen LogP contribution in [0.25, 0.3) is 10.9 Å². The lowest BCUT2D eigenvalue weighted by molar-refractivity contribution is -0.223. The molecule has 1 unspecified atom stereocenters. The molecule has 0 saturated carbocycles. The van der Waals surface area contributed by atoms with Crippen molar-refractivity contribution in [3.05, 3.63) is 69.1 Å². The lowest BCUT2D eigenvalue weighted by Crippen LogP contribution is -2.41. The standard InChI is InChI=1S/C19H14Cl2FNO3/c1-10(24)26-19(12-4-2-3-5-15(12)22)18-11(8-9-25-19)16-13(20)6-7-14(21)17(16)23-18/h2-7,23H,8-9H2,1H3. The number of aromatic nitrogens is 1. The number of halogens is 3. The van der Waals surface area contributed by atoms with Gasteiger partial charge in [-0.1, -0.05) is 35.3 Å². The Morgan fingerprint density at radius 3 is 2.69 bits per heavy atom. The van der Waals surface area contributed by atoms with Crippen molar-refractivity contribution in [3.8, 4) is 0 Å². The van der Waals surface area contributed by atoms with Gasteiger partial charge in [0.15, 0.2) is 0 Å². The fraction of sp³-hybridized carbons (Fsp3) is 0.211. The van der Waals surface area contributed by atoms with E-state index in [1.807, 2.05) is 0 Å². The van der Waals surface area contributed by atoms with Crippen LogP contribution in [-0.4, -0.2) is 17.6 Å². The first-order valence-corrected chi connectivity index (χ1v) is 8.77. The summed E-state index contributed by atoms with van der Waals surface area (Å²) in [6, 6.07) is 9.41. The Balaban J connectivity index is 2.08. The summed E-state index contributed by atoms with van der Waals surface area (Å²) < 4.78 is 26.1. The number of hydrogen-bond acceptors (Lipinski definition) is 3. The number of esters is 1. The van der Waals surface area contributed by atoms with Gasteiger partial charge in [-0.2, -0.15) is 0 Å². The van der Waals surface area contributed by atoms with E-state index in [1.165, 1.54) is 19.1 Å². The van der Waals surface area contributed by atoms with Gasteiger partial charge in [0.1, 0.15) is 5.82 Å². The smallest absolute Gasteiger partial charge is 0.305 e. The summed E-state index contributed by atoms with van der Waals surface area (Å²) in [5, 5.41) is 1.70. The molecule has 0 amide bonds. The molecule has 2 heterocycles. The van der Waals surface area contributed by atoms with Crippen molar-refractivity contribution in [1.82, 2.24) is 4.98 Å². The van der Waals surface area contributed by atoms with Crippen LogP contribution in [0.2, 0.25) is 10.0 Å². The molecular weight excluding hydrogens is 380 g/mol. The number of H-pyrrole nitrogens is 1. The number of nitrogens with one attached hydrogen (secondary N) is 1. The van der Waals surface area contributed by atoms with E-state index in [1.54, 1.807) is 24.3 Å². The molecular formula is C19H14Cl2FNO3. The predicted octanol–water partition coefficient (Wildman–Crippen LogP) is 4.95. The Kier molecular flexibility index (Phi) is 4.18. The van der Waals surface area contributed by atoms with Crippen LogP contribution in [0.15, 0.2) is 36.4 Å². The fourth-order valence-electron chi connectivity index (χ4n) is 3.47. The minimum Gasteiger partial charge on any atom is -0.422 e. The van der Waals surface area contributed by atoms with Crippen molar-refractivity contribution in [2.24, 2.45) is 0 Å². The highest BCUT2D eigenvalue weighted by molar-refractivity contribution is 6.40. The van der Waals surface area contributed by atoms with Gasteiger partial charge in [-0.15, -0.1) is 0 Å². The molecule has 0 saturated heterocycles. The van der Waals surface area contributed by atoms with Gasteiger partial charge in [-0.3, -0.25) is 4.79 Å². The molecule has 1 N–H and O–H groups in total. The Morgan fingerprint density at radius 1 is 1.23 bits per heavy atom. The number of ether oxygens (including phenoxy) is 2. The molecule has 0 radical (unpaired) electrons. The molecule has 0 fully saturated rings. The van der Waals surface area contributed by atoms with E-state index in [4.69, 9.17) is 32.7 Å². The Bertz CT molecular complexity index is 1030. The summed E-state index contributed by atoms with van der Waals surface area (Å²) >= 11 is 12.7. The fourth-order valence-corrected chi connectivity index (χ4v) is 3.95. The van der Waals surface area contributed by atoms with Crippen LogP contribution >= 0.6 is 23.2 Å². The maximum atomic E-state index is 14.6. The van der Waals surface area contributed by atoms with E-state index in [2.05, 4.69) is 4.98 Å². The van der Waals surface area contributed by atoms with Gasteiger partial charge >= 0.3 is 5.97 Å². The topological polar surface area (TPSA) is 51.3 Å². The third-order valence-electron chi connectivity index (χ3n) is 4.46. The minimum absolute atomic E-state index is 0.106. The van der Waals surface area contributed by atoms with Crippen molar-refractivity contribution < 1.29 is 18.7 Å². The highest BCUT2D eigenvalue weighted by Crippen LogP contribution is 2.45. The highest BCUT2D eigenvalue weighted by Gasteiger charge is 2.47. The van der Waals surface area contributed by atoms with E-state index in [0.29, 0.717) is 27.7 Å². The average Bonchev–Trinajstić information content (AvgIpc) is 3.00. The van der Waals surface area contributed by atoms with Crippen molar-refractivity contribution >= 4 is 40.1 Å². The lowest BCUT2D eigenvalue weighted by atomic mass is 9.94. The summed E-state index contributed by atoms with van der Waals surface area (Å²) in [7, 11) is 0. The number of hydrogen-bond donors (Lipinski definition) is 1. The molecule has 1 aliphatic rings. The zero-order valence-corrected chi connectivity index (χ0v) is 15.2. The van der Waals surface area contributed by atoms with Crippen molar-refractivity contribution in [2.75, 3.05) is 6.61 Å². The first kappa shape index (κ1) is 17.3. The predicted molar refractivity (Wildman–Crippen MR) is 96.9 cm³/mol. The van der Waals surface area contributed by atoms with E-state index in [-0.39, 0.29) is 12.2 Å². The van der Waals surface area contributed by atoms with Gasteiger partial charge in [-0.25, -0.2) is 4.39 Å². The summed E-state index contributed by atoms with van der Waals surface area (Å²) in [6.07, 6.45) is 0.521. The molecule has 1 atom stereocenters. The Labute approximate surface area is 158 Å². The third-order valence-corrected chi connectivity index (χ3v) is 5.09. The van der Waals surface area contributed by atoms with E-state index < -0.39 is 17.6 Å². The molecule has 2 aromatic carbocycles. The van der Waals surface area contributed by atoms with Crippen LogP contribution in [0.1, 0.15) is 23.7 Å². The normalized spacial score (nSPS) is 19.4. The Morgan fingerprint density at radius 2 is 1.96 bits per heavy atom. The first-order chi connectivity index (χ1) is 12.4. The molecule has 1 aliphatic heterocycles. The molecule has 0 aliphatic carbocycles. The number of carbonyl (C=O) groups is 1. The molecule has 134 valence electrons. The van der Waals surface area contributed by atoms with Crippen molar-refractivity contribution in [1.29, 1.82) is 0 Å². The highest BCUT2D eigenvalue weighted by atomic mass is 35.5. The Hall–Kier alpha value is -2.08. The minimum atomic E-state index is -1.73. The number of aromatic amines is 1. The monoisotopic (exact) mass is 393 g/mol. The van der Waals surface area contributed by atoms with Crippen LogP contribution in [0.3, 0.4) is 0 Å². The molecule has 7 heteroatoms. The van der Waals surface area contributed by atoms with Crippen LogP contribution in [0.5, 0.6) is 0 Å². The zero-order chi connectivity index (χ0) is 18.5. The average molecular weight is 394 g/mol. The number of benzene rings is 2. The molecule has 26 heavy (non-hydrogen) atoms. The first-order valence-electron chi connectivity index (χ1n) is 8.01. The second-order valence-electron chi connectivity index (χ2n) is 6.05. The van der Waals surface area contributed by atoms with Gasteiger partial charge in [0, 0.05) is 12.3 Å². The summed E-state index contributed by atoms with van der Waals surface area (Å²) in [4.78, 5) is 15.0. The van der Waals surface area contributed by atoms with E-state index in [9.17, 15) is 9.18 Å². The third kappa shape index (κ3) is 2.50. The lowest BCUT2D eigenvalue weighted by Gasteiger charge is -2.36. The van der Waals surface area contributed by atoms with Gasteiger partial charge in [0.2, 0.25) is 0 Å². The van der Waals surface area contributed by atoms with Gasteiger partial charge in [0.05, 0.1) is 33.4 Å². The number of carbonyl (C=O) groups excluding carboxylic acids is 1. The zero-order valence-electron chi connectivity index (χ0n) is 13.7. The summed E-state index contributed by atoms with van der Waals surface area (Å²) in [5.74, 6) is -2.87. The van der Waals surface area contributed by atoms with Crippen LogP contribution in [-0.2, 0) is 26.5 Å². The summed E-state index contributed by atoms with van der Waals surface area (Å²) in [6.45, 7) is 1.48. The van der Waals surface area contributed by atoms with Gasteiger partial charge < -0.3 is 14.5 Å². The second kappa shape index (κ2) is 6.27. The second-order valence-corrected chi connectivity index (χ2v) is 6.86. The van der Waals surface area contributed by atoms with Crippen molar-refractivity contribution in [2.45, 2.75) is 19.1 Å². The van der Waals surface area contributed by atoms with E-state index >= 15 is 0 Å². The largest absolute Gasteiger partial charge is 0.422 e. The molecule has 4 rings (SSSR count). The van der Waals surface area contributed by atoms with Crippen LogP contribution in [0, 0.1) is 5.82 Å². The van der Waals surface area contributed by atoms with Crippen molar-refractivity contribution in [3.63, 3.8) is 0 Å². The number of fused-ring (bicyclic) bond motifs is 3. The number of rotatable bonds is 2. The van der Waals surface area contributed by atoms with E-state index in [0.717, 1.165) is 10.9 Å². The maximum Gasteiger partial charge on any atom is 0.305 e. The van der Waals surface area contributed by atoms with Gasteiger partial charge in [0.25, 0.3) is 5.79 Å². The summed E-state index contributed by atoms with van der Waals surface area (Å²) in [5.41, 5.74) is 1.93. The molecule has 0 bridgehead atoms. The maximum absolute atomic E-state index is 14.6. The molecule has 4 nitrogen and oxygen atoms in total. The molecule has 0 spiro atoms. The quantitative estimate of drug-likeness (QED) is 0.626. The SMILES string of the molecule is CC(=O)OC1(c2ccccc2F)OCCc2c1[nH]c1c(Cl)ccc(Cl)c21. The van der Waals surface area contributed by atoms with Crippen LogP contribution < -0.4 is 0 Å².